The van der Waals surface area contributed by atoms with Crippen LogP contribution in [-0.4, -0.2) is 40.7 Å². The highest BCUT2D eigenvalue weighted by Gasteiger charge is 2.51. The summed E-state index contributed by atoms with van der Waals surface area (Å²) in [5, 5.41) is 10.9. The zero-order valence-electron chi connectivity index (χ0n) is 16.0. The molecule has 0 radical (unpaired) electrons. The number of hydrogen-bond acceptors (Lipinski definition) is 3. The Kier molecular flexibility index (Phi) is 6.80. The second kappa shape index (κ2) is 9.49. The SMILES string of the molecule is C=CCCN1C(=O)[C@H](OCc2ccccc2)[C@@H]1[C@H](O)CC(=C)c1ccccc1. The average molecular weight is 377 g/mol. The predicted molar refractivity (Wildman–Crippen MR) is 111 cm³/mol. The van der Waals surface area contributed by atoms with E-state index in [1.807, 2.05) is 60.7 Å². The largest absolute Gasteiger partial charge is 0.391 e. The molecule has 0 aliphatic carbocycles. The molecule has 4 nitrogen and oxygen atoms in total. The summed E-state index contributed by atoms with van der Waals surface area (Å²) in [4.78, 5) is 14.3. The first kappa shape index (κ1) is 20.1. The summed E-state index contributed by atoms with van der Waals surface area (Å²) in [7, 11) is 0. The molecule has 28 heavy (non-hydrogen) atoms. The third-order valence-electron chi connectivity index (χ3n) is 5.07. The van der Waals surface area contributed by atoms with Crippen LogP contribution < -0.4 is 0 Å². The summed E-state index contributed by atoms with van der Waals surface area (Å²) in [5.74, 6) is -0.0767. The highest BCUT2D eigenvalue weighted by Crippen LogP contribution is 2.31. The molecule has 1 aliphatic rings. The molecule has 146 valence electrons. The zero-order chi connectivity index (χ0) is 19.9. The molecule has 2 aromatic carbocycles. The van der Waals surface area contributed by atoms with Gasteiger partial charge in [0.15, 0.2) is 6.10 Å². The van der Waals surface area contributed by atoms with E-state index in [2.05, 4.69) is 13.2 Å². The molecule has 0 bridgehead atoms. The lowest BCUT2D eigenvalue weighted by Gasteiger charge is -2.49. The van der Waals surface area contributed by atoms with Crippen molar-refractivity contribution in [1.29, 1.82) is 0 Å². The maximum absolute atomic E-state index is 12.6. The molecular weight excluding hydrogens is 350 g/mol. The number of amides is 1. The van der Waals surface area contributed by atoms with Gasteiger partial charge in [-0.2, -0.15) is 0 Å². The molecule has 3 rings (SSSR count). The summed E-state index contributed by atoms with van der Waals surface area (Å²) >= 11 is 0. The van der Waals surface area contributed by atoms with E-state index in [0.717, 1.165) is 16.7 Å². The van der Waals surface area contributed by atoms with Crippen molar-refractivity contribution in [2.75, 3.05) is 6.54 Å². The monoisotopic (exact) mass is 377 g/mol. The van der Waals surface area contributed by atoms with E-state index in [4.69, 9.17) is 4.74 Å². The van der Waals surface area contributed by atoms with Gasteiger partial charge in [-0.05, 0) is 23.1 Å². The van der Waals surface area contributed by atoms with E-state index < -0.39 is 12.2 Å². The molecule has 1 amide bonds. The standard InChI is InChI=1S/C24H27NO3/c1-3-4-15-25-22(21(26)16-18(2)20-13-9-6-10-14-20)23(24(25)27)28-17-19-11-7-5-8-12-19/h3,5-14,21-23,26H,1-2,4,15-17H2/t21-,22+,23-/m1/s1. The molecule has 2 aromatic rings. The number of aliphatic hydroxyl groups is 1. The van der Waals surface area contributed by atoms with Gasteiger partial charge in [-0.15, -0.1) is 6.58 Å². The van der Waals surface area contributed by atoms with E-state index in [1.165, 1.54) is 0 Å². The minimum Gasteiger partial charge on any atom is -0.391 e. The fraction of sp³-hybridized carbons (Fsp3) is 0.292. The molecule has 0 unspecified atom stereocenters. The molecule has 1 saturated heterocycles. The summed E-state index contributed by atoms with van der Waals surface area (Å²) in [6.07, 6.45) is 1.47. The first-order valence-corrected chi connectivity index (χ1v) is 9.60. The van der Waals surface area contributed by atoms with Gasteiger partial charge in [0.2, 0.25) is 0 Å². The third-order valence-corrected chi connectivity index (χ3v) is 5.07. The number of likely N-dealkylation sites (tertiary alicyclic amines) is 1. The Labute approximate surface area is 166 Å². The van der Waals surface area contributed by atoms with Crippen LogP contribution in [0, 0.1) is 0 Å². The maximum Gasteiger partial charge on any atom is 0.254 e. The van der Waals surface area contributed by atoms with Crippen LogP contribution in [0.3, 0.4) is 0 Å². The molecule has 1 heterocycles. The summed E-state index contributed by atoms with van der Waals surface area (Å²) in [6, 6.07) is 19.1. The van der Waals surface area contributed by atoms with Gasteiger partial charge in [0, 0.05) is 13.0 Å². The van der Waals surface area contributed by atoms with E-state index in [9.17, 15) is 9.90 Å². The van der Waals surface area contributed by atoms with Gasteiger partial charge in [-0.3, -0.25) is 4.79 Å². The molecule has 0 aromatic heterocycles. The van der Waals surface area contributed by atoms with Crippen LogP contribution in [0.25, 0.3) is 5.57 Å². The highest BCUT2D eigenvalue weighted by atomic mass is 16.5. The molecule has 0 saturated carbocycles. The summed E-state index contributed by atoms with van der Waals surface area (Å²) < 4.78 is 5.90. The van der Waals surface area contributed by atoms with Crippen LogP contribution in [0.1, 0.15) is 24.0 Å². The van der Waals surface area contributed by atoms with Crippen molar-refractivity contribution in [3.63, 3.8) is 0 Å². The van der Waals surface area contributed by atoms with Crippen LogP contribution in [-0.2, 0) is 16.1 Å². The first-order chi connectivity index (χ1) is 13.6. The van der Waals surface area contributed by atoms with Crippen molar-refractivity contribution >= 4 is 11.5 Å². The molecule has 3 atom stereocenters. The lowest BCUT2D eigenvalue weighted by atomic mass is 9.87. The van der Waals surface area contributed by atoms with E-state index >= 15 is 0 Å². The topological polar surface area (TPSA) is 49.8 Å². The zero-order valence-corrected chi connectivity index (χ0v) is 16.0. The fourth-order valence-corrected chi connectivity index (χ4v) is 3.53. The molecule has 1 fully saturated rings. The Balaban J connectivity index is 1.67. The number of nitrogens with zero attached hydrogens (tertiary/aromatic N) is 1. The number of aliphatic hydroxyl groups excluding tert-OH is 1. The van der Waals surface area contributed by atoms with E-state index in [0.29, 0.717) is 26.0 Å². The van der Waals surface area contributed by atoms with Crippen LogP contribution in [0.2, 0.25) is 0 Å². The first-order valence-electron chi connectivity index (χ1n) is 9.60. The van der Waals surface area contributed by atoms with Gasteiger partial charge in [-0.1, -0.05) is 73.3 Å². The van der Waals surface area contributed by atoms with Crippen molar-refractivity contribution in [2.45, 2.75) is 37.7 Å². The van der Waals surface area contributed by atoms with Crippen molar-refractivity contribution in [3.8, 4) is 0 Å². The minimum absolute atomic E-state index is 0.0767. The van der Waals surface area contributed by atoms with E-state index in [1.54, 1.807) is 11.0 Å². The van der Waals surface area contributed by atoms with Crippen molar-refractivity contribution in [3.05, 3.63) is 91.0 Å². The molecular formula is C24H27NO3. The minimum atomic E-state index is -0.740. The Morgan fingerprint density at radius 1 is 1.14 bits per heavy atom. The summed E-state index contributed by atoms with van der Waals surface area (Å²) in [6.45, 7) is 8.71. The van der Waals surface area contributed by atoms with Gasteiger partial charge < -0.3 is 14.7 Å². The van der Waals surface area contributed by atoms with Crippen molar-refractivity contribution < 1.29 is 14.6 Å². The van der Waals surface area contributed by atoms with Crippen LogP contribution in [0.4, 0.5) is 0 Å². The van der Waals surface area contributed by atoms with Crippen LogP contribution >= 0.6 is 0 Å². The van der Waals surface area contributed by atoms with Crippen LogP contribution in [0.5, 0.6) is 0 Å². The third kappa shape index (κ3) is 4.58. The Bertz CT molecular complexity index is 803. The van der Waals surface area contributed by atoms with Gasteiger partial charge in [0.05, 0.1) is 18.8 Å². The number of ether oxygens (including phenoxy) is 1. The van der Waals surface area contributed by atoms with Crippen LogP contribution in [0.15, 0.2) is 79.9 Å². The van der Waals surface area contributed by atoms with Gasteiger partial charge in [0.1, 0.15) is 0 Å². The summed E-state index contributed by atoms with van der Waals surface area (Å²) in [5.41, 5.74) is 2.84. The lowest BCUT2D eigenvalue weighted by molar-refractivity contribution is -0.186. The number of carbonyl (C=O) groups is 1. The van der Waals surface area contributed by atoms with Crippen molar-refractivity contribution in [2.24, 2.45) is 0 Å². The van der Waals surface area contributed by atoms with E-state index in [-0.39, 0.29) is 11.9 Å². The number of benzene rings is 2. The van der Waals surface area contributed by atoms with Gasteiger partial charge >= 0.3 is 0 Å². The molecule has 1 N–H and O–H groups in total. The normalized spacial score (nSPS) is 19.8. The smallest absolute Gasteiger partial charge is 0.254 e. The molecule has 1 aliphatic heterocycles. The Morgan fingerprint density at radius 2 is 1.79 bits per heavy atom. The second-order valence-corrected chi connectivity index (χ2v) is 7.06. The Hall–Kier alpha value is -2.69. The number of hydrogen-bond donors (Lipinski definition) is 1. The number of rotatable bonds is 10. The Morgan fingerprint density at radius 3 is 2.43 bits per heavy atom. The average Bonchev–Trinajstić information content (AvgIpc) is 2.73. The van der Waals surface area contributed by atoms with Gasteiger partial charge in [-0.25, -0.2) is 0 Å². The number of β-lactam (4-membered cyclic amide) rings is 1. The fourth-order valence-electron chi connectivity index (χ4n) is 3.53. The lowest BCUT2D eigenvalue weighted by Crippen LogP contribution is -2.69. The highest BCUT2D eigenvalue weighted by molar-refractivity contribution is 5.88. The molecule has 0 spiro atoms. The van der Waals surface area contributed by atoms with Gasteiger partial charge in [0.25, 0.3) is 5.91 Å². The number of carbonyl (C=O) groups excluding carboxylic acids is 1. The second-order valence-electron chi connectivity index (χ2n) is 7.06. The van der Waals surface area contributed by atoms with Crippen molar-refractivity contribution in [1.82, 2.24) is 4.90 Å². The quantitative estimate of drug-likeness (QED) is 0.506. The molecule has 4 heteroatoms. The maximum atomic E-state index is 12.6. The predicted octanol–water partition coefficient (Wildman–Crippen LogP) is 3.82.